The Morgan fingerprint density at radius 2 is 2.04 bits per heavy atom. The molecule has 1 aliphatic rings. The number of carbonyl (C=O) groups is 2. The van der Waals surface area contributed by atoms with Gasteiger partial charge in [-0.25, -0.2) is 0 Å². The molecule has 1 heterocycles. The Labute approximate surface area is 151 Å². The normalized spacial score (nSPS) is 17.3. The average molecular weight is 348 g/mol. The number of amides is 1. The minimum Gasteiger partial charge on any atom is -0.383 e. The van der Waals surface area contributed by atoms with Crippen molar-refractivity contribution in [2.75, 3.05) is 13.7 Å². The first-order valence-electron chi connectivity index (χ1n) is 9.22. The second kappa shape index (κ2) is 7.73. The molecular formula is C20H32N2O3. The van der Waals surface area contributed by atoms with Gasteiger partial charge in [0.15, 0.2) is 5.78 Å². The Balaban J connectivity index is 2.36. The summed E-state index contributed by atoms with van der Waals surface area (Å²) in [7, 11) is 1.62. The summed E-state index contributed by atoms with van der Waals surface area (Å²) in [5, 5.41) is 2.95. The maximum Gasteiger partial charge on any atom is 0.224 e. The lowest BCUT2D eigenvalue weighted by atomic mass is 9.75. The standard InChI is InChI=1S/C20H32N2O3/c1-7-8-22-14(3)15(9-18(24)21-13(2)12-25-6)19-16(22)10-20(4,5)11-17(19)23/h13H,7-12H2,1-6H3,(H,21,24)/t13-/m0/s1. The maximum absolute atomic E-state index is 12.8. The molecule has 0 radical (unpaired) electrons. The number of hydrogen-bond donors (Lipinski definition) is 1. The molecule has 140 valence electrons. The van der Waals surface area contributed by atoms with Crippen molar-refractivity contribution >= 4 is 11.7 Å². The lowest BCUT2D eigenvalue weighted by Crippen LogP contribution is -2.37. The first-order valence-corrected chi connectivity index (χ1v) is 9.22. The molecule has 0 saturated heterocycles. The lowest BCUT2D eigenvalue weighted by Gasteiger charge is -2.30. The average Bonchev–Trinajstić information content (AvgIpc) is 2.72. The first-order chi connectivity index (χ1) is 11.7. The van der Waals surface area contributed by atoms with Crippen LogP contribution in [-0.4, -0.2) is 36.0 Å². The Morgan fingerprint density at radius 3 is 2.64 bits per heavy atom. The second-order valence-electron chi connectivity index (χ2n) is 8.08. The Bertz CT molecular complexity index is 658. The Kier molecular flexibility index (Phi) is 6.09. The Hall–Kier alpha value is -1.62. The van der Waals surface area contributed by atoms with E-state index in [2.05, 4.69) is 30.7 Å². The van der Waals surface area contributed by atoms with Crippen molar-refractivity contribution in [3.8, 4) is 0 Å². The molecule has 1 atom stereocenters. The number of fused-ring (bicyclic) bond motifs is 1. The van der Waals surface area contributed by atoms with Crippen LogP contribution in [0.3, 0.4) is 0 Å². The van der Waals surface area contributed by atoms with Crippen LogP contribution in [0.5, 0.6) is 0 Å². The number of methoxy groups -OCH3 is 1. The number of nitrogens with zero attached hydrogens (tertiary/aromatic N) is 1. The molecule has 0 aromatic carbocycles. The van der Waals surface area contributed by atoms with Crippen LogP contribution in [0.2, 0.25) is 0 Å². The molecule has 0 aliphatic heterocycles. The van der Waals surface area contributed by atoms with Gasteiger partial charge in [-0.2, -0.15) is 0 Å². The van der Waals surface area contributed by atoms with E-state index < -0.39 is 0 Å². The summed E-state index contributed by atoms with van der Waals surface area (Å²) in [6.07, 6.45) is 2.69. The summed E-state index contributed by atoms with van der Waals surface area (Å²) in [6.45, 7) is 11.7. The highest BCUT2D eigenvalue weighted by atomic mass is 16.5. The van der Waals surface area contributed by atoms with Gasteiger partial charge in [0.2, 0.25) is 5.91 Å². The van der Waals surface area contributed by atoms with Gasteiger partial charge in [0.05, 0.1) is 13.0 Å². The molecule has 5 nitrogen and oxygen atoms in total. The van der Waals surface area contributed by atoms with Crippen molar-refractivity contribution in [2.24, 2.45) is 5.41 Å². The smallest absolute Gasteiger partial charge is 0.224 e. The highest BCUT2D eigenvalue weighted by Crippen LogP contribution is 2.38. The van der Waals surface area contributed by atoms with E-state index in [0.717, 1.165) is 41.9 Å². The highest BCUT2D eigenvalue weighted by Gasteiger charge is 2.36. The number of nitrogens with one attached hydrogen (secondary N) is 1. The third-order valence-corrected chi connectivity index (χ3v) is 4.93. The summed E-state index contributed by atoms with van der Waals surface area (Å²) in [5.41, 5.74) is 3.87. The molecule has 1 aromatic rings. The number of carbonyl (C=O) groups excluding carboxylic acids is 2. The van der Waals surface area contributed by atoms with E-state index in [0.29, 0.717) is 13.0 Å². The lowest BCUT2D eigenvalue weighted by molar-refractivity contribution is -0.121. The van der Waals surface area contributed by atoms with Crippen LogP contribution in [-0.2, 0) is 28.9 Å². The van der Waals surface area contributed by atoms with Crippen LogP contribution in [0, 0.1) is 12.3 Å². The van der Waals surface area contributed by atoms with Gasteiger partial charge in [-0.1, -0.05) is 20.8 Å². The van der Waals surface area contributed by atoms with Gasteiger partial charge in [-0.15, -0.1) is 0 Å². The quantitative estimate of drug-likeness (QED) is 0.824. The summed E-state index contributed by atoms with van der Waals surface area (Å²) >= 11 is 0. The zero-order chi connectivity index (χ0) is 18.8. The van der Waals surface area contributed by atoms with Crippen LogP contribution in [0.1, 0.15) is 67.8 Å². The number of Topliss-reactive ketones (excluding diaryl/α,β-unsaturated/α-hetero) is 1. The SMILES string of the molecule is CCCn1c(C)c(CC(=O)N[C@@H](C)COC)c2c1CC(C)(C)CC2=O. The molecule has 0 spiro atoms. The largest absolute Gasteiger partial charge is 0.383 e. The molecule has 1 amide bonds. The fraction of sp³-hybridized carbons (Fsp3) is 0.700. The van der Waals surface area contributed by atoms with Crippen molar-refractivity contribution in [2.45, 2.75) is 72.9 Å². The highest BCUT2D eigenvalue weighted by molar-refractivity contribution is 6.01. The minimum absolute atomic E-state index is 0.0210. The van der Waals surface area contributed by atoms with Crippen LogP contribution < -0.4 is 5.32 Å². The van der Waals surface area contributed by atoms with Gasteiger partial charge < -0.3 is 14.6 Å². The number of hydrogen-bond acceptors (Lipinski definition) is 3. The van der Waals surface area contributed by atoms with Crippen LogP contribution in [0.25, 0.3) is 0 Å². The molecular weight excluding hydrogens is 316 g/mol. The summed E-state index contributed by atoms with van der Waals surface area (Å²) in [5.74, 6) is 0.124. The van der Waals surface area contributed by atoms with E-state index in [4.69, 9.17) is 4.74 Å². The summed E-state index contributed by atoms with van der Waals surface area (Å²) < 4.78 is 7.33. The predicted octanol–water partition coefficient (Wildman–Crippen LogP) is 3.06. The monoisotopic (exact) mass is 348 g/mol. The fourth-order valence-corrected chi connectivity index (χ4v) is 3.93. The molecule has 1 N–H and O–H groups in total. The van der Waals surface area contributed by atoms with E-state index in [1.165, 1.54) is 0 Å². The third kappa shape index (κ3) is 4.32. The van der Waals surface area contributed by atoms with E-state index in [-0.39, 0.29) is 29.6 Å². The number of ketones is 1. The molecule has 5 heteroatoms. The van der Waals surface area contributed by atoms with Crippen molar-refractivity contribution in [1.29, 1.82) is 0 Å². The zero-order valence-corrected chi connectivity index (χ0v) is 16.5. The second-order valence-corrected chi connectivity index (χ2v) is 8.08. The van der Waals surface area contributed by atoms with E-state index in [1.54, 1.807) is 7.11 Å². The predicted molar refractivity (Wildman–Crippen MR) is 99.1 cm³/mol. The minimum atomic E-state index is -0.0540. The van der Waals surface area contributed by atoms with Crippen LogP contribution in [0.4, 0.5) is 0 Å². The summed E-state index contributed by atoms with van der Waals surface area (Å²) in [4.78, 5) is 25.3. The molecule has 1 aromatic heterocycles. The summed E-state index contributed by atoms with van der Waals surface area (Å²) in [6, 6.07) is -0.0407. The number of aromatic nitrogens is 1. The van der Waals surface area contributed by atoms with Crippen molar-refractivity contribution < 1.29 is 14.3 Å². The Morgan fingerprint density at radius 1 is 1.36 bits per heavy atom. The maximum atomic E-state index is 12.8. The van der Waals surface area contributed by atoms with Gasteiger partial charge in [-0.3, -0.25) is 9.59 Å². The van der Waals surface area contributed by atoms with E-state index in [9.17, 15) is 9.59 Å². The van der Waals surface area contributed by atoms with Gasteiger partial charge in [0.1, 0.15) is 0 Å². The van der Waals surface area contributed by atoms with E-state index >= 15 is 0 Å². The van der Waals surface area contributed by atoms with Gasteiger partial charge in [-0.05, 0) is 37.7 Å². The van der Waals surface area contributed by atoms with Gasteiger partial charge >= 0.3 is 0 Å². The third-order valence-electron chi connectivity index (χ3n) is 4.93. The fourth-order valence-electron chi connectivity index (χ4n) is 3.93. The number of rotatable bonds is 7. The molecule has 0 bridgehead atoms. The van der Waals surface area contributed by atoms with Crippen LogP contribution in [0.15, 0.2) is 0 Å². The first kappa shape index (κ1) is 19.7. The van der Waals surface area contributed by atoms with Crippen molar-refractivity contribution in [1.82, 2.24) is 9.88 Å². The molecule has 0 fully saturated rings. The molecule has 1 aliphatic carbocycles. The van der Waals surface area contributed by atoms with Crippen molar-refractivity contribution in [3.05, 3.63) is 22.5 Å². The number of ether oxygens (including phenoxy) is 1. The molecule has 0 saturated carbocycles. The molecule has 25 heavy (non-hydrogen) atoms. The zero-order valence-electron chi connectivity index (χ0n) is 16.5. The van der Waals surface area contributed by atoms with Crippen LogP contribution >= 0.6 is 0 Å². The van der Waals surface area contributed by atoms with Gasteiger partial charge in [0.25, 0.3) is 0 Å². The molecule has 0 unspecified atom stereocenters. The van der Waals surface area contributed by atoms with E-state index in [1.807, 2.05) is 13.8 Å². The van der Waals surface area contributed by atoms with Gasteiger partial charge in [0, 0.05) is 43.1 Å². The molecule has 2 rings (SSSR count). The van der Waals surface area contributed by atoms with Crippen molar-refractivity contribution in [3.63, 3.8) is 0 Å². The topological polar surface area (TPSA) is 60.3 Å².